The fourth-order valence-corrected chi connectivity index (χ4v) is 4.35. The van der Waals surface area contributed by atoms with Gasteiger partial charge in [-0.2, -0.15) is 9.78 Å². The minimum Gasteiger partial charge on any atom is -0.483 e. The lowest BCUT2D eigenvalue weighted by Crippen LogP contribution is -2.29. The average Bonchev–Trinajstić information content (AvgIpc) is 2.84. The van der Waals surface area contributed by atoms with E-state index < -0.39 is 5.41 Å². The smallest absolute Gasteiger partial charge is 0.282 e. The molecule has 4 aromatic rings. The van der Waals surface area contributed by atoms with E-state index in [0.29, 0.717) is 38.8 Å². The van der Waals surface area contributed by atoms with Gasteiger partial charge in [-0.25, -0.2) is 4.98 Å². The normalized spacial score (nSPS) is 11.7. The highest BCUT2D eigenvalue weighted by Crippen LogP contribution is 2.25. The molecule has 0 bridgehead atoms. The van der Waals surface area contributed by atoms with E-state index in [4.69, 9.17) is 21.3 Å². The van der Waals surface area contributed by atoms with Crippen LogP contribution in [0.25, 0.3) is 10.9 Å². The first-order chi connectivity index (χ1) is 17.5. The summed E-state index contributed by atoms with van der Waals surface area (Å²) in [4.78, 5) is 30.6. The second-order valence-electron chi connectivity index (χ2n) is 9.23. The molecule has 10 heteroatoms. The molecule has 7 nitrogen and oxygen atoms in total. The zero-order valence-corrected chi connectivity index (χ0v) is 24.2. The second-order valence-corrected chi connectivity index (χ2v) is 11.5. The number of carbonyl (C=O) groups excluding carboxylic acids is 1. The maximum absolute atomic E-state index is 13.4. The number of benzene rings is 3. The lowest BCUT2D eigenvalue weighted by molar-refractivity contribution is -0.118. The Morgan fingerprint density at radius 3 is 2.46 bits per heavy atom. The van der Waals surface area contributed by atoms with Gasteiger partial charge in [0.15, 0.2) is 6.61 Å². The van der Waals surface area contributed by atoms with Crippen molar-refractivity contribution in [1.82, 2.24) is 9.66 Å². The van der Waals surface area contributed by atoms with Crippen LogP contribution in [-0.2, 0) is 10.2 Å². The van der Waals surface area contributed by atoms with Crippen LogP contribution < -0.4 is 15.6 Å². The lowest BCUT2D eigenvalue weighted by Gasteiger charge is -2.21. The van der Waals surface area contributed by atoms with Crippen LogP contribution in [0.1, 0.15) is 32.2 Å². The third-order valence-electron chi connectivity index (χ3n) is 5.25. The van der Waals surface area contributed by atoms with E-state index in [0.717, 1.165) is 8.95 Å². The Kier molecular flexibility index (Phi) is 8.16. The summed E-state index contributed by atoms with van der Waals surface area (Å²) in [5.41, 5.74) is 1.05. The molecule has 0 aliphatic carbocycles. The van der Waals surface area contributed by atoms with E-state index >= 15 is 0 Å². The van der Waals surface area contributed by atoms with Gasteiger partial charge in [-0.15, -0.1) is 0 Å². The van der Waals surface area contributed by atoms with E-state index in [1.807, 2.05) is 26.8 Å². The monoisotopic (exact) mass is 644 g/mol. The van der Waals surface area contributed by atoms with Crippen molar-refractivity contribution in [3.63, 3.8) is 0 Å². The Bertz CT molecular complexity index is 1560. The Morgan fingerprint density at radius 1 is 1.08 bits per heavy atom. The zero-order chi connectivity index (χ0) is 26.7. The molecular weight excluding hydrogens is 624 g/mol. The van der Waals surface area contributed by atoms with Crippen molar-refractivity contribution in [3.05, 3.63) is 96.4 Å². The van der Waals surface area contributed by atoms with E-state index in [9.17, 15) is 9.59 Å². The van der Waals surface area contributed by atoms with Gasteiger partial charge in [-0.05, 0) is 60.7 Å². The first kappa shape index (κ1) is 27.0. The number of ether oxygens (including phenoxy) is 1. The lowest BCUT2D eigenvalue weighted by atomic mass is 9.95. The van der Waals surface area contributed by atoms with Gasteiger partial charge in [0, 0.05) is 30.6 Å². The summed E-state index contributed by atoms with van der Waals surface area (Å²) < 4.78 is 8.67. The highest BCUT2D eigenvalue weighted by Gasteiger charge is 2.23. The quantitative estimate of drug-likeness (QED) is 0.234. The number of amides is 1. The maximum atomic E-state index is 13.4. The minimum atomic E-state index is -0.450. The molecule has 4 rings (SSSR count). The van der Waals surface area contributed by atoms with Crippen LogP contribution in [0.2, 0.25) is 5.02 Å². The molecule has 0 radical (unpaired) electrons. The predicted molar refractivity (Wildman–Crippen MR) is 155 cm³/mol. The van der Waals surface area contributed by atoms with Gasteiger partial charge < -0.3 is 10.1 Å². The molecule has 190 valence electrons. The van der Waals surface area contributed by atoms with Crippen LogP contribution in [0.15, 0.2) is 79.5 Å². The van der Waals surface area contributed by atoms with Gasteiger partial charge in [-0.3, -0.25) is 9.59 Å². The van der Waals surface area contributed by atoms with Gasteiger partial charge in [0.25, 0.3) is 11.5 Å². The van der Waals surface area contributed by atoms with Crippen molar-refractivity contribution in [1.29, 1.82) is 0 Å². The standard InChI is InChI=1S/C27H23Br2ClN4O3/c1-27(2,3)26-33-22-10-4-18(29)13-21(22)25(36)34(26)31-14-16-12-17(28)5-11-23(16)37-15-24(35)32-20-8-6-19(30)7-9-20/h4-14H,15H2,1-3H3,(H,32,35). The minimum absolute atomic E-state index is 0.218. The molecule has 1 N–H and O–H groups in total. The zero-order valence-electron chi connectivity index (χ0n) is 20.3. The number of anilines is 1. The first-order valence-electron chi connectivity index (χ1n) is 11.3. The number of halogens is 3. The number of hydrogen-bond acceptors (Lipinski definition) is 5. The Labute approximate surface area is 235 Å². The summed E-state index contributed by atoms with van der Waals surface area (Å²) in [6.07, 6.45) is 1.53. The van der Waals surface area contributed by atoms with Crippen molar-refractivity contribution in [2.75, 3.05) is 11.9 Å². The topological polar surface area (TPSA) is 85.6 Å². The molecule has 3 aromatic carbocycles. The highest BCUT2D eigenvalue weighted by molar-refractivity contribution is 9.10. The van der Waals surface area contributed by atoms with Crippen LogP contribution in [-0.4, -0.2) is 28.4 Å². The number of aromatic nitrogens is 2. The highest BCUT2D eigenvalue weighted by atomic mass is 79.9. The molecule has 0 aliphatic heterocycles. The summed E-state index contributed by atoms with van der Waals surface area (Å²) >= 11 is 12.8. The summed E-state index contributed by atoms with van der Waals surface area (Å²) in [7, 11) is 0. The van der Waals surface area contributed by atoms with Gasteiger partial charge in [-0.1, -0.05) is 64.2 Å². The van der Waals surface area contributed by atoms with Crippen molar-refractivity contribution in [3.8, 4) is 5.75 Å². The van der Waals surface area contributed by atoms with Gasteiger partial charge in [0.05, 0.1) is 17.1 Å². The molecule has 0 unspecified atom stereocenters. The molecule has 0 saturated heterocycles. The van der Waals surface area contributed by atoms with Crippen LogP contribution in [0.4, 0.5) is 5.69 Å². The van der Waals surface area contributed by atoms with Crippen LogP contribution in [0, 0.1) is 0 Å². The third kappa shape index (κ3) is 6.66. The largest absolute Gasteiger partial charge is 0.483 e. The second kappa shape index (κ2) is 11.2. The van der Waals surface area contributed by atoms with E-state index in [1.165, 1.54) is 10.9 Å². The Morgan fingerprint density at radius 2 is 1.76 bits per heavy atom. The Balaban J connectivity index is 1.64. The number of hydrogen-bond donors (Lipinski definition) is 1. The fourth-order valence-electron chi connectivity index (χ4n) is 3.49. The van der Waals surface area contributed by atoms with Gasteiger partial charge in [0.1, 0.15) is 11.6 Å². The maximum Gasteiger partial charge on any atom is 0.282 e. The number of carbonyl (C=O) groups is 1. The fraction of sp³-hybridized carbons (Fsp3) is 0.185. The summed E-state index contributed by atoms with van der Waals surface area (Å²) in [5.74, 6) is 0.618. The van der Waals surface area contributed by atoms with Crippen LogP contribution in [0.5, 0.6) is 5.75 Å². The first-order valence-corrected chi connectivity index (χ1v) is 13.2. The van der Waals surface area contributed by atoms with Gasteiger partial charge >= 0.3 is 0 Å². The molecule has 0 fully saturated rings. The summed E-state index contributed by atoms with van der Waals surface area (Å²) in [6, 6.07) is 17.5. The number of rotatable bonds is 6. The molecule has 0 atom stereocenters. The molecule has 1 aromatic heterocycles. The average molecular weight is 647 g/mol. The van der Waals surface area contributed by atoms with E-state index in [-0.39, 0.29) is 18.1 Å². The van der Waals surface area contributed by atoms with Crippen LogP contribution >= 0.6 is 43.5 Å². The van der Waals surface area contributed by atoms with Crippen LogP contribution in [0.3, 0.4) is 0 Å². The Hall–Kier alpha value is -3.01. The summed E-state index contributed by atoms with van der Waals surface area (Å²) in [6.45, 7) is 5.69. The molecule has 37 heavy (non-hydrogen) atoms. The van der Waals surface area contributed by atoms with E-state index in [1.54, 1.807) is 54.6 Å². The van der Waals surface area contributed by atoms with Crippen molar-refractivity contribution < 1.29 is 9.53 Å². The number of nitrogens with zero attached hydrogens (tertiary/aromatic N) is 3. The molecule has 1 amide bonds. The number of nitrogens with one attached hydrogen (secondary N) is 1. The third-order valence-corrected chi connectivity index (χ3v) is 6.49. The van der Waals surface area contributed by atoms with Crippen molar-refractivity contribution in [2.24, 2.45) is 5.10 Å². The molecule has 0 aliphatic rings. The molecule has 0 spiro atoms. The van der Waals surface area contributed by atoms with E-state index in [2.05, 4.69) is 42.3 Å². The molecule has 0 saturated carbocycles. The summed E-state index contributed by atoms with van der Waals surface area (Å²) in [5, 5.41) is 8.30. The van der Waals surface area contributed by atoms with Crippen molar-refractivity contribution >= 4 is 72.2 Å². The van der Waals surface area contributed by atoms with Gasteiger partial charge in [0.2, 0.25) is 0 Å². The SMILES string of the molecule is CC(C)(C)c1nc2ccc(Br)cc2c(=O)n1N=Cc1cc(Br)ccc1OCC(=O)Nc1ccc(Cl)cc1. The molecule has 1 heterocycles. The number of fused-ring (bicyclic) bond motifs is 1. The predicted octanol–water partition coefficient (Wildman–Crippen LogP) is 6.77. The van der Waals surface area contributed by atoms with Crippen molar-refractivity contribution in [2.45, 2.75) is 26.2 Å². The molecular formula is C27H23Br2ClN4O3.